The van der Waals surface area contributed by atoms with E-state index in [0.29, 0.717) is 5.03 Å². The molecule has 0 saturated heterocycles. The Morgan fingerprint density at radius 2 is 2.07 bits per heavy atom. The van der Waals surface area contributed by atoms with Crippen molar-refractivity contribution in [2.24, 2.45) is 0 Å². The summed E-state index contributed by atoms with van der Waals surface area (Å²) >= 11 is 6.12. The lowest BCUT2D eigenvalue weighted by Gasteiger charge is -2.14. The molecular weight excluding hydrogens is 212 g/mol. The molecule has 0 radical (unpaired) electrons. The Labute approximate surface area is 93.3 Å². The number of rotatable bonds is 2. The molecule has 78 valence electrons. The topological polar surface area (TPSA) is 32.3 Å². The van der Waals surface area contributed by atoms with Gasteiger partial charge in [0.15, 0.2) is 0 Å². The highest BCUT2D eigenvalue weighted by Gasteiger charge is 2.28. The van der Waals surface area contributed by atoms with Gasteiger partial charge in [0.1, 0.15) is 12.3 Å². The lowest BCUT2D eigenvalue weighted by Crippen LogP contribution is -2.35. The number of carbonyl (C=O) groups is 1. The number of hydrogen-bond donors (Lipinski definition) is 1. The van der Waals surface area contributed by atoms with Crippen molar-refractivity contribution in [3.05, 3.63) is 40.9 Å². The molecule has 1 aromatic rings. The van der Waals surface area contributed by atoms with Gasteiger partial charge in [-0.15, -0.1) is 0 Å². The van der Waals surface area contributed by atoms with Crippen LogP contribution in [0, 0.1) is 0 Å². The van der Waals surface area contributed by atoms with E-state index >= 15 is 0 Å². The van der Waals surface area contributed by atoms with Gasteiger partial charge in [-0.2, -0.15) is 0 Å². The fourth-order valence-electron chi connectivity index (χ4n) is 1.58. The van der Waals surface area contributed by atoms with Crippen LogP contribution in [0.3, 0.4) is 0 Å². The molecular formula is C11H11ClN2O. The summed E-state index contributed by atoms with van der Waals surface area (Å²) in [6.45, 7) is 0. The average Bonchev–Trinajstić information content (AvgIpc) is 2.55. The number of likely N-dealkylation sites (N-methyl/N-ethyl adjacent to an activating group) is 1. The highest BCUT2D eigenvalue weighted by molar-refractivity contribution is 6.34. The summed E-state index contributed by atoms with van der Waals surface area (Å²) in [6.07, 6.45) is 0.825. The Morgan fingerprint density at radius 3 is 2.60 bits per heavy atom. The van der Waals surface area contributed by atoms with E-state index in [-0.39, 0.29) is 6.04 Å². The zero-order valence-corrected chi connectivity index (χ0v) is 9.03. The van der Waals surface area contributed by atoms with E-state index in [4.69, 9.17) is 11.6 Å². The summed E-state index contributed by atoms with van der Waals surface area (Å²) in [7, 11) is 1.79. The monoisotopic (exact) mass is 222 g/mol. The maximum atomic E-state index is 10.8. The summed E-state index contributed by atoms with van der Waals surface area (Å²) in [5.74, 6) is 0. The molecule has 0 fully saturated rings. The van der Waals surface area contributed by atoms with Gasteiger partial charge in [0, 0.05) is 12.6 Å². The molecule has 1 N–H and O–H groups in total. The van der Waals surface area contributed by atoms with Gasteiger partial charge in [-0.25, -0.2) is 5.01 Å². The number of aldehydes is 1. The molecule has 2 rings (SSSR count). The van der Waals surface area contributed by atoms with E-state index in [1.54, 1.807) is 12.1 Å². The first-order valence-electron chi connectivity index (χ1n) is 4.64. The molecule has 1 aliphatic rings. The third kappa shape index (κ3) is 1.76. The van der Waals surface area contributed by atoms with Crippen molar-refractivity contribution in [1.82, 2.24) is 10.4 Å². The third-order valence-corrected chi connectivity index (χ3v) is 2.81. The van der Waals surface area contributed by atoms with Gasteiger partial charge >= 0.3 is 0 Å². The van der Waals surface area contributed by atoms with E-state index in [0.717, 1.165) is 17.5 Å². The lowest BCUT2D eigenvalue weighted by molar-refractivity contribution is -0.110. The zero-order valence-electron chi connectivity index (χ0n) is 8.27. The van der Waals surface area contributed by atoms with Crippen LogP contribution in [0.25, 0.3) is 5.70 Å². The first kappa shape index (κ1) is 10.2. The Hall–Kier alpha value is -1.32. The van der Waals surface area contributed by atoms with Crippen LogP contribution >= 0.6 is 11.6 Å². The maximum absolute atomic E-state index is 10.8. The molecule has 1 aliphatic heterocycles. The number of halogens is 1. The first-order valence-corrected chi connectivity index (χ1v) is 5.01. The van der Waals surface area contributed by atoms with E-state index in [9.17, 15) is 4.79 Å². The summed E-state index contributed by atoms with van der Waals surface area (Å²) in [6, 6.07) is 9.32. The molecule has 4 heteroatoms. The van der Waals surface area contributed by atoms with Gasteiger partial charge in [-0.05, 0) is 0 Å². The molecule has 1 heterocycles. The molecule has 0 aromatic heterocycles. The van der Waals surface area contributed by atoms with Crippen LogP contribution in [0.5, 0.6) is 0 Å². The van der Waals surface area contributed by atoms with E-state index in [2.05, 4.69) is 5.43 Å². The second-order valence-corrected chi connectivity index (χ2v) is 3.80. The van der Waals surface area contributed by atoms with Crippen LogP contribution in [-0.4, -0.2) is 24.4 Å². The minimum atomic E-state index is -0.387. The molecule has 0 amide bonds. The molecule has 0 aliphatic carbocycles. The quantitative estimate of drug-likeness (QED) is 0.772. The summed E-state index contributed by atoms with van der Waals surface area (Å²) in [5, 5.41) is 2.23. The predicted molar refractivity (Wildman–Crippen MR) is 60.0 cm³/mol. The minimum absolute atomic E-state index is 0.387. The molecule has 0 saturated carbocycles. The highest BCUT2D eigenvalue weighted by atomic mass is 35.5. The maximum Gasteiger partial charge on any atom is 0.144 e. The molecule has 1 aromatic carbocycles. The van der Waals surface area contributed by atoms with Crippen molar-refractivity contribution >= 4 is 23.6 Å². The number of nitrogens with one attached hydrogen (secondary N) is 1. The predicted octanol–water partition coefficient (Wildman–Crippen LogP) is 1.61. The third-order valence-electron chi connectivity index (χ3n) is 2.40. The Bertz CT molecular complexity index is 402. The van der Waals surface area contributed by atoms with E-state index in [1.807, 2.05) is 30.3 Å². The zero-order chi connectivity index (χ0) is 10.8. The van der Waals surface area contributed by atoms with Gasteiger partial charge in [0.05, 0.1) is 10.7 Å². The van der Waals surface area contributed by atoms with E-state index in [1.165, 1.54) is 0 Å². The lowest BCUT2D eigenvalue weighted by atomic mass is 10.1. The normalized spacial score (nSPS) is 21.6. The smallest absolute Gasteiger partial charge is 0.144 e. The second-order valence-electron chi connectivity index (χ2n) is 3.39. The Morgan fingerprint density at radius 1 is 1.40 bits per heavy atom. The fraction of sp³-hybridized carbons (Fsp3) is 0.182. The van der Waals surface area contributed by atoms with Crippen molar-refractivity contribution in [2.45, 2.75) is 6.04 Å². The van der Waals surface area contributed by atoms with Crippen LogP contribution in [-0.2, 0) is 4.79 Å². The van der Waals surface area contributed by atoms with Gasteiger partial charge in [0.25, 0.3) is 0 Å². The highest BCUT2D eigenvalue weighted by Crippen LogP contribution is 2.28. The SMILES string of the molecule is CN1NC(c2ccccc2)=C(Cl)C1C=O. The van der Waals surface area contributed by atoms with Gasteiger partial charge in [0.2, 0.25) is 0 Å². The summed E-state index contributed by atoms with van der Waals surface area (Å²) in [4.78, 5) is 10.8. The summed E-state index contributed by atoms with van der Waals surface area (Å²) in [5.41, 5.74) is 4.86. The molecule has 3 nitrogen and oxygen atoms in total. The molecule has 1 atom stereocenters. The molecule has 1 unspecified atom stereocenters. The standard InChI is InChI=1S/C11H11ClN2O/c1-14-9(7-15)10(12)11(13-14)8-5-3-2-4-6-8/h2-7,9,13H,1H3. The molecule has 0 spiro atoms. The van der Waals surface area contributed by atoms with E-state index < -0.39 is 0 Å². The molecule has 0 bridgehead atoms. The van der Waals surface area contributed by atoms with Crippen LogP contribution in [0.15, 0.2) is 35.4 Å². The number of hydrogen-bond acceptors (Lipinski definition) is 3. The van der Waals surface area contributed by atoms with Crippen LogP contribution in [0.4, 0.5) is 0 Å². The van der Waals surface area contributed by atoms with Gasteiger partial charge in [-0.1, -0.05) is 41.9 Å². The Balaban J connectivity index is 2.39. The largest absolute Gasteiger partial charge is 0.316 e. The van der Waals surface area contributed by atoms with Crippen molar-refractivity contribution < 1.29 is 4.79 Å². The Kier molecular flexibility index (Phi) is 2.75. The molecule has 15 heavy (non-hydrogen) atoms. The van der Waals surface area contributed by atoms with Gasteiger partial charge < -0.3 is 10.2 Å². The number of benzene rings is 1. The number of hydrazine groups is 1. The second kappa shape index (κ2) is 4.04. The first-order chi connectivity index (χ1) is 7.24. The van der Waals surface area contributed by atoms with Gasteiger partial charge in [-0.3, -0.25) is 0 Å². The van der Waals surface area contributed by atoms with Crippen molar-refractivity contribution in [2.75, 3.05) is 7.05 Å². The summed E-state index contributed by atoms with van der Waals surface area (Å²) < 4.78 is 0. The van der Waals surface area contributed by atoms with Crippen LogP contribution in [0.1, 0.15) is 5.56 Å². The van der Waals surface area contributed by atoms with Crippen molar-refractivity contribution in [3.63, 3.8) is 0 Å². The number of carbonyl (C=O) groups excluding carboxylic acids is 1. The van der Waals surface area contributed by atoms with Crippen molar-refractivity contribution in [1.29, 1.82) is 0 Å². The fourth-order valence-corrected chi connectivity index (χ4v) is 1.92. The van der Waals surface area contributed by atoms with Crippen LogP contribution in [0.2, 0.25) is 0 Å². The number of nitrogens with zero attached hydrogens (tertiary/aromatic N) is 1. The van der Waals surface area contributed by atoms with Crippen LogP contribution < -0.4 is 5.43 Å². The average molecular weight is 223 g/mol. The van der Waals surface area contributed by atoms with Crippen molar-refractivity contribution in [3.8, 4) is 0 Å². The minimum Gasteiger partial charge on any atom is -0.316 e.